The van der Waals surface area contributed by atoms with Crippen molar-refractivity contribution in [2.75, 3.05) is 18.0 Å². The zero-order valence-electron chi connectivity index (χ0n) is 12.2. The van der Waals surface area contributed by atoms with Crippen LogP contribution in [0.15, 0.2) is 34.0 Å². The minimum atomic E-state index is 0.480. The van der Waals surface area contributed by atoms with Gasteiger partial charge < -0.3 is 9.42 Å². The molecule has 8 heteroatoms. The Labute approximate surface area is 136 Å². The first-order valence-electron chi connectivity index (χ1n) is 7.23. The molecule has 4 heterocycles. The lowest BCUT2D eigenvalue weighted by molar-refractivity contribution is 0.394. The number of imidazole rings is 1. The summed E-state index contributed by atoms with van der Waals surface area (Å²) in [6.07, 6.45) is 1.76. The lowest BCUT2D eigenvalue weighted by Gasteiger charge is -2.29. The second-order valence-electron chi connectivity index (χ2n) is 5.41. The van der Waals surface area contributed by atoms with Gasteiger partial charge in [-0.25, -0.2) is 4.98 Å². The van der Waals surface area contributed by atoms with Gasteiger partial charge in [-0.1, -0.05) is 22.8 Å². The zero-order valence-corrected chi connectivity index (χ0v) is 12.9. The van der Waals surface area contributed by atoms with Crippen LogP contribution in [0.25, 0.3) is 17.2 Å². The molecule has 114 valence electrons. The molecule has 23 heavy (non-hydrogen) atoms. The molecule has 0 bridgehead atoms. The molecule has 0 spiro atoms. The van der Waals surface area contributed by atoms with E-state index < -0.39 is 0 Å². The lowest BCUT2D eigenvalue weighted by Crippen LogP contribution is -2.35. The van der Waals surface area contributed by atoms with Crippen LogP contribution in [0.1, 0.15) is 11.5 Å². The van der Waals surface area contributed by atoms with Crippen molar-refractivity contribution in [1.29, 1.82) is 0 Å². The van der Waals surface area contributed by atoms with Crippen molar-refractivity contribution in [3.63, 3.8) is 0 Å². The van der Waals surface area contributed by atoms with Crippen LogP contribution in [0.3, 0.4) is 0 Å². The molecular weight excluding hydrogens is 316 g/mol. The van der Waals surface area contributed by atoms with E-state index in [0.29, 0.717) is 22.4 Å². The maximum atomic E-state index is 6.42. The van der Waals surface area contributed by atoms with Crippen LogP contribution < -0.4 is 4.90 Å². The number of aromatic nitrogens is 4. The van der Waals surface area contributed by atoms with Crippen molar-refractivity contribution < 1.29 is 4.52 Å². The summed E-state index contributed by atoms with van der Waals surface area (Å²) in [6.45, 7) is 3.25. The largest absolute Gasteiger partial charge is 0.339 e. The second kappa shape index (κ2) is 4.42. The Balaban J connectivity index is 1.82. The van der Waals surface area contributed by atoms with Crippen molar-refractivity contribution in [1.82, 2.24) is 19.7 Å². The molecule has 2 aliphatic rings. The molecule has 0 saturated heterocycles. The molecule has 0 N–H and O–H groups in total. The van der Waals surface area contributed by atoms with Gasteiger partial charge in [0.05, 0.1) is 22.8 Å². The van der Waals surface area contributed by atoms with Crippen LogP contribution in [0.4, 0.5) is 5.82 Å². The summed E-state index contributed by atoms with van der Waals surface area (Å²) in [6, 6.07) is 5.81. The molecule has 7 nitrogen and oxygen atoms in total. The summed E-state index contributed by atoms with van der Waals surface area (Å²) < 4.78 is 7.11. The minimum Gasteiger partial charge on any atom is -0.339 e. The van der Waals surface area contributed by atoms with E-state index in [9.17, 15) is 0 Å². The zero-order chi connectivity index (χ0) is 15.6. The van der Waals surface area contributed by atoms with Gasteiger partial charge in [-0.2, -0.15) is 4.98 Å². The van der Waals surface area contributed by atoms with Crippen LogP contribution in [-0.4, -0.2) is 38.6 Å². The van der Waals surface area contributed by atoms with E-state index >= 15 is 0 Å². The van der Waals surface area contributed by atoms with E-state index in [4.69, 9.17) is 16.1 Å². The first-order valence-corrected chi connectivity index (χ1v) is 7.61. The van der Waals surface area contributed by atoms with Gasteiger partial charge in [0, 0.05) is 13.5 Å². The normalized spacial score (nSPS) is 15.2. The van der Waals surface area contributed by atoms with Gasteiger partial charge in [0.2, 0.25) is 11.7 Å². The van der Waals surface area contributed by atoms with Crippen LogP contribution in [0, 0.1) is 6.92 Å². The van der Waals surface area contributed by atoms with Crippen LogP contribution in [0.5, 0.6) is 0 Å². The maximum absolute atomic E-state index is 6.42. The monoisotopic (exact) mass is 326 g/mol. The highest BCUT2D eigenvalue weighted by atomic mass is 35.5. The quantitative estimate of drug-likeness (QED) is 0.687. The van der Waals surface area contributed by atoms with E-state index in [0.717, 1.165) is 36.0 Å². The van der Waals surface area contributed by atoms with Crippen LogP contribution >= 0.6 is 11.6 Å². The number of halogens is 1. The highest BCUT2D eigenvalue weighted by Crippen LogP contribution is 2.40. The van der Waals surface area contributed by atoms with Gasteiger partial charge in [-0.3, -0.25) is 9.56 Å². The van der Waals surface area contributed by atoms with Crippen molar-refractivity contribution in [3.8, 4) is 17.2 Å². The summed E-state index contributed by atoms with van der Waals surface area (Å²) in [5.74, 6) is 2.76. The van der Waals surface area contributed by atoms with Crippen molar-refractivity contribution in [2.24, 2.45) is 4.99 Å². The van der Waals surface area contributed by atoms with E-state index in [1.807, 2.05) is 22.8 Å². The van der Waals surface area contributed by atoms with E-state index in [-0.39, 0.29) is 0 Å². The predicted molar refractivity (Wildman–Crippen MR) is 85.4 cm³/mol. The smallest absolute Gasteiger partial charge is 0.224 e. The molecule has 3 aromatic rings. The van der Waals surface area contributed by atoms with Crippen LogP contribution in [0.2, 0.25) is 5.02 Å². The Kier molecular flexibility index (Phi) is 2.47. The second-order valence-corrected chi connectivity index (χ2v) is 5.82. The third kappa shape index (κ3) is 1.65. The molecular formula is C15H11ClN6O. The topological polar surface area (TPSA) is 72.3 Å². The number of nitrogens with zero attached hydrogens (tertiary/aromatic N) is 6. The van der Waals surface area contributed by atoms with Crippen molar-refractivity contribution >= 4 is 23.3 Å². The summed E-state index contributed by atoms with van der Waals surface area (Å²) >= 11 is 6.42. The number of benzene rings is 1. The van der Waals surface area contributed by atoms with Crippen LogP contribution in [-0.2, 0) is 0 Å². The fourth-order valence-corrected chi connectivity index (χ4v) is 3.39. The Bertz CT molecular complexity index is 972. The van der Waals surface area contributed by atoms with Crippen molar-refractivity contribution in [2.45, 2.75) is 6.92 Å². The molecule has 0 aliphatic carbocycles. The SMILES string of the molecule is Cc1nc(-c2ncn3c2N2CCN=C2c2c(Cl)cccc2-3)no1. The van der Waals surface area contributed by atoms with Gasteiger partial charge in [0.25, 0.3) is 0 Å². The lowest BCUT2D eigenvalue weighted by atomic mass is 10.1. The molecule has 1 aromatic carbocycles. The van der Waals surface area contributed by atoms with Gasteiger partial charge in [-0.15, -0.1) is 0 Å². The standard InChI is InChI=1S/C15H11ClN6O/c1-8-19-13(20-23-8)12-15-21-6-5-17-14(21)11-9(16)3-2-4-10(11)22(15)7-18-12/h2-4,7H,5-6H2,1H3. The Morgan fingerprint density at radius 2 is 2.22 bits per heavy atom. The Morgan fingerprint density at radius 1 is 1.30 bits per heavy atom. The number of fused-ring (bicyclic) bond motifs is 6. The third-order valence-electron chi connectivity index (χ3n) is 4.05. The van der Waals surface area contributed by atoms with Gasteiger partial charge in [-0.05, 0) is 12.1 Å². The first-order chi connectivity index (χ1) is 11.2. The third-order valence-corrected chi connectivity index (χ3v) is 4.37. The number of hydrogen-bond acceptors (Lipinski definition) is 6. The molecule has 0 saturated carbocycles. The summed E-state index contributed by atoms with van der Waals surface area (Å²) in [4.78, 5) is 15.6. The van der Waals surface area contributed by atoms with Gasteiger partial charge >= 0.3 is 0 Å². The van der Waals surface area contributed by atoms with Gasteiger partial charge in [0.15, 0.2) is 11.5 Å². The average Bonchev–Trinajstić information content (AvgIpc) is 3.24. The molecule has 2 aromatic heterocycles. The minimum absolute atomic E-state index is 0.480. The molecule has 0 radical (unpaired) electrons. The number of anilines is 1. The number of aryl methyl sites for hydroxylation is 1. The van der Waals surface area contributed by atoms with E-state index in [1.165, 1.54) is 0 Å². The fourth-order valence-electron chi connectivity index (χ4n) is 3.13. The predicted octanol–water partition coefficient (Wildman–Crippen LogP) is 2.46. The number of hydrogen-bond donors (Lipinski definition) is 0. The first kappa shape index (κ1) is 12.8. The highest BCUT2D eigenvalue weighted by Gasteiger charge is 2.35. The Morgan fingerprint density at radius 3 is 3.04 bits per heavy atom. The summed E-state index contributed by atoms with van der Waals surface area (Å²) in [5.41, 5.74) is 2.58. The highest BCUT2D eigenvalue weighted by molar-refractivity contribution is 6.36. The van der Waals surface area contributed by atoms with E-state index in [2.05, 4.69) is 25.0 Å². The number of amidine groups is 1. The summed E-state index contributed by atoms with van der Waals surface area (Å²) in [5, 5.41) is 4.68. The number of rotatable bonds is 1. The molecule has 2 aliphatic heterocycles. The maximum Gasteiger partial charge on any atom is 0.224 e. The molecule has 0 unspecified atom stereocenters. The Hall–Kier alpha value is -2.67. The van der Waals surface area contributed by atoms with Crippen molar-refractivity contribution in [3.05, 3.63) is 41.0 Å². The van der Waals surface area contributed by atoms with E-state index in [1.54, 1.807) is 13.3 Å². The number of aliphatic imine (C=N–C) groups is 1. The molecule has 0 atom stereocenters. The molecule has 5 rings (SSSR count). The van der Waals surface area contributed by atoms with Gasteiger partial charge in [0.1, 0.15) is 12.2 Å². The molecule has 0 fully saturated rings. The summed E-state index contributed by atoms with van der Waals surface area (Å²) in [7, 11) is 0. The molecule has 0 amide bonds. The fraction of sp³-hybridized carbons (Fsp3) is 0.200. The average molecular weight is 327 g/mol.